The van der Waals surface area contributed by atoms with Crippen molar-refractivity contribution in [3.05, 3.63) is 35.6 Å². The van der Waals surface area contributed by atoms with Crippen molar-refractivity contribution in [2.45, 2.75) is 40.2 Å². The van der Waals surface area contributed by atoms with Gasteiger partial charge in [-0.3, -0.25) is 9.59 Å². The van der Waals surface area contributed by atoms with E-state index >= 15 is 0 Å². The fourth-order valence-corrected chi connectivity index (χ4v) is 2.01. The van der Waals surface area contributed by atoms with E-state index in [0.29, 0.717) is 0 Å². The highest BCUT2D eigenvalue weighted by Crippen LogP contribution is 2.25. The predicted octanol–water partition coefficient (Wildman–Crippen LogP) is 3.14. The van der Waals surface area contributed by atoms with E-state index in [2.05, 4.69) is 5.32 Å². The number of hydrogen-bond donors (Lipinski definition) is 2. The number of carboxylic acid groups (broad SMARTS) is 1. The molecule has 1 aromatic carbocycles. The van der Waals surface area contributed by atoms with Crippen LogP contribution in [0.4, 0.5) is 4.39 Å². The van der Waals surface area contributed by atoms with Gasteiger partial charge >= 0.3 is 5.97 Å². The van der Waals surface area contributed by atoms with Gasteiger partial charge in [0.1, 0.15) is 5.82 Å². The number of halogens is 1. The maximum atomic E-state index is 13.0. The molecule has 0 aromatic heterocycles. The van der Waals surface area contributed by atoms with Crippen LogP contribution >= 0.6 is 0 Å². The Morgan fingerprint density at radius 1 is 1.24 bits per heavy atom. The van der Waals surface area contributed by atoms with Crippen LogP contribution in [0.1, 0.15) is 45.7 Å². The molecule has 0 spiro atoms. The van der Waals surface area contributed by atoms with Crippen molar-refractivity contribution in [2.75, 3.05) is 0 Å². The maximum Gasteiger partial charge on any atom is 0.309 e. The summed E-state index contributed by atoms with van der Waals surface area (Å²) < 4.78 is 13.0. The van der Waals surface area contributed by atoms with Gasteiger partial charge in [-0.05, 0) is 37.5 Å². The molecule has 0 aliphatic rings. The second kappa shape index (κ2) is 6.70. The summed E-state index contributed by atoms with van der Waals surface area (Å²) in [5.41, 5.74) is -0.318. The van der Waals surface area contributed by atoms with Crippen LogP contribution in [0.2, 0.25) is 0 Å². The van der Waals surface area contributed by atoms with E-state index in [-0.39, 0.29) is 30.1 Å². The number of benzene rings is 1. The number of aliphatic carboxylic acids is 1. The number of hydrogen-bond acceptors (Lipinski definition) is 2. The van der Waals surface area contributed by atoms with Gasteiger partial charge in [0.25, 0.3) is 0 Å². The molecule has 0 aliphatic heterocycles. The van der Waals surface area contributed by atoms with Crippen molar-refractivity contribution in [2.24, 2.45) is 11.3 Å². The molecule has 0 bridgehead atoms. The predicted molar refractivity (Wildman–Crippen MR) is 78.2 cm³/mol. The van der Waals surface area contributed by atoms with Crippen molar-refractivity contribution in [3.63, 3.8) is 0 Å². The van der Waals surface area contributed by atoms with E-state index < -0.39 is 11.4 Å². The smallest absolute Gasteiger partial charge is 0.309 e. The highest BCUT2D eigenvalue weighted by Gasteiger charge is 2.31. The quantitative estimate of drug-likeness (QED) is 0.847. The van der Waals surface area contributed by atoms with Crippen molar-refractivity contribution in [1.82, 2.24) is 5.32 Å². The minimum absolute atomic E-state index is 0.104. The second-order valence-electron chi connectivity index (χ2n) is 6.21. The lowest BCUT2D eigenvalue weighted by molar-refractivity contribution is -0.149. The molecule has 1 aromatic rings. The van der Waals surface area contributed by atoms with Gasteiger partial charge in [-0.1, -0.05) is 26.0 Å². The van der Waals surface area contributed by atoms with Crippen LogP contribution in [0.5, 0.6) is 0 Å². The molecule has 1 atom stereocenters. The van der Waals surface area contributed by atoms with Gasteiger partial charge in [0.2, 0.25) is 5.91 Å². The fourth-order valence-electron chi connectivity index (χ4n) is 2.01. The SMILES string of the molecule is CC(C)C(NC(=O)CC(C)(C)C(=O)O)c1ccc(F)cc1. The Labute approximate surface area is 124 Å². The summed E-state index contributed by atoms with van der Waals surface area (Å²) in [7, 11) is 0. The van der Waals surface area contributed by atoms with Crippen LogP contribution in [0.3, 0.4) is 0 Å². The number of amides is 1. The summed E-state index contributed by atoms with van der Waals surface area (Å²) in [6.45, 7) is 6.90. The van der Waals surface area contributed by atoms with Crippen molar-refractivity contribution >= 4 is 11.9 Å². The van der Waals surface area contributed by atoms with Gasteiger partial charge in [-0.25, -0.2) is 4.39 Å². The molecule has 4 nitrogen and oxygen atoms in total. The molecule has 0 radical (unpaired) electrons. The number of nitrogens with one attached hydrogen (secondary N) is 1. The lowest BCUT2D eigenvalue weighted by atomic mass is 9.88. The fraction of sp³-hybridized carbons (Fsp3) is 0.500. The largest absolute Gasteiger partial charge is 0.481 e. The average molecular weight is 295 g/mol. The van der Waals surface area contributed by atoms with E-state index in [9.17, 15) is 14.0 Å². The summed E-state index contributed by atoms with van der Waals surface area (Å²) >= 11 is 0. The van der Waals surface area contributed by atoms with Crippen LogP contribution in [-0.4, -0.2) is 17.0 Å². The number of carboxylic acids is 1. The Morgan fingerprint density at radius 3 is 2.19 bits per heavy atom. The van der Waals surface area contributed by atoms with Gasteiger partial charge in [-0.2, -0.15) is 0 Å². The molecule has 0 heterocycles. The standard InChI is InChI=1S/C16H22FNO3/c1-10(2)14(11-5-7-12(17)8-6-11)18-13(19)9-16(3,4)15(20)21/h5-8,10,14H,9H2,1-4H3,(H,18,19)(H,20,21). The molecule has 0 saturated carbocycles. The molecule has 0 fully saturated rings. The minimum atomic E-state index is -1.12. The van der Waals surface area contributed by atoms with Crippen molar-refractivity contribution < 1.29 is 19.1 Å². The van der Waals surface area contributed by atoms with Crippen LogP contribution in [0.15, 0.2) is 24.3 Å². The van der Waals surface area contributed by atoms with E-state index in [1.165, 1.54) is 26.0 Å². The second-order valence-corrected chi connectivity index (χ2v) is 6.21. The van der Waals surface area contributed by atoms with E-state index in [1.54, 1.807) is 12.1 Å². The lowest BCUT2D eigenvalue weighted by Gasteiger charge is -2.25. The third-order valence-corrected chi connectivity index (χ3v) is 3.39. The normalized spacial score (nSPS) is 13.0. The molecule has 2 N–H and O–H groups in total. The highest BCUT2D eigenvalue weighted by atomic mass is 19.1. The molecule has 0 saturated heterocycles. The monoisotopic (exact) mass is 295 g/mol. The molecule has 1 amide bonds. The average Bonchev–Trinajstić information content (AvgIpc) is 2.36. The molecule has 5 heteroatoms. The Bertz CT molecular complexity index is 509. The Morgan fingerprint density at radius 2 is 1.76 bits per heavy atom. The van der Waals surface area contributed by atoms with Crippen LogP contribution in [0.25, 0.3) is 0 Å². The summed E-state index contributed by atoms with van der Waals surface area (Å²) in [5.74, 6) is -1.57. The third kappa shape index (κ3) is 4.85. The lowest BCUT2D eigenvalue weighted by Crippen LogP contribution is -2.37. The van der Waals surface area contributed by atoms with Crippen molar-refractivity contribution in [3.8, 4) is 0 Å². The van der Waals surface area contributed by atoms with Gasteiger partial charge in [0.05, 0.1) is 11.5 Å². The minimum Gasteiger partial charge on any atom is -0.481 e. The molecule has 0 aliphatic carbocycles. The Balaban J connectivity index is 2.82. The summed E-state index contributed by atoms with van der Waals surface area (Å²) in [6, 6.07) is 5.67. The zero-order valence-corrected chi connectivity index (χ0v) is 12.8. The zero-order chi connectivity index (χ0) is 16.2. The van der Waals surface area contributed by atoms with Crippen LogP contribution in [-0.2, 0) is 9.59 Å². The third-order valence-electron chi connectivity index (χ3n) is 3.39. The van der Waals surface area contributed by atoms with Crippen molar-refractivity contribution in [1.29, 1.82) is 0 Å². The molecule has 1 unspecified atom stereocenters. The Hall–Kier alpha value is -1.91. The molecule has 116 valence electrons. The maximum absolute atomic E-state index is 13.0. The summed E-state index contributed by atoms with van der Waals surface area (Å²) in [4.78, 5) is 23.1. The molecule has 21 heavy (non-hydrogen) atoms. The van der Waals surface area contributed by atoms with E-state index in [0.717, 1.165) is 5.56 Å². The topological polar surface area (TPSA) is 66.4 Å². The number of rotatable bonds is 6. The highest BCUT2D eigenvalue weighted by molar-refractivity contribution is 5.84. The first-order chi connectivity index (χ1) is 9.63. The molecule has 1 rings (SSSR count). The van der Waals surface area contributed by atoms with Gasteiger partial charge in [0.15, 0.2) is 0 Å². The van der Waals surface area contributed by atoms with E-state index in [1.807, 2.05) is 13.8 Å². The molecular weight excluding hydrogens is 273 g/mol. The Kier molecular flexibility index (Phi) is 5.47. The molecular formula is C16H22FNO3. The van der Waals surface area contributed by atoms with Gasteiger partial charge < -0.3 is 10.4 Å². The van der Waals surface area contributed by atoms with Crippen LogP contribution < -0.4 is 5.32 Å². The first-order valence-electron chi connectivity index (χ1n) is 6.91. The first-order valence-corrected chi connectivity index (χ1v) is 6.91. The zero-order valence-electron chi connectivity index (χ0n) is 12.8. The first kappa shape index (κ1) is 17.1. The van der Waals surface area contributed by atoms with E-state index in [4.69, 9.17) is 5.11 Å². The number of carbonyl (C=O) groups excluding carboxylic acids is 1. The summed E-state index contributed by atoms with van der Waals surface area (Å²) in [5, 5.41) is 11.9. The van der Waals surface area contributed by atoms with Crippen LogP contribution in [0, 0.1) is 17.2 Å². The summed E-state index contributed by atoms with van der Waals surface area (Å²) in [6.07, 6.45) is -0.104. The number of carbonyl (C=O) groups is 2. The van der Waals surface area contributed by atoms with Gasteiger partial charge in [-0.15, -0.1) is 0 Å². The van der Waals surface area contributed by atoms with Gasteiger partial charge in [0, 0.05) is 6.42 Å².